The topological polar surface area (TPSA) is 32.3 Å². The van der Waals surface area contributed by atoms with Crippen molar-refractivity contribution >= 4 is 41.5 Å². The van der Waals surface area contributed by atoms with Crippen molar-refractivity contribution in [2.24, 2.45) is 0 Å². The number of nitrogens with zero attached hydrogens (tertiary/aromatic N) is 1. The molecule has 6 heteroatoms. The SMILES string of the molecule is Cl.O=C1CCCN1CCCNCc1ccc(Cl)c(Cl)c1. The molecule has 1 N–H and O–H groups in total. The molecular weight excluding hydrogens is 319 g/mol. The van der Waals surface area contributed by atoms with Crippen LogP contribution >= 0.6 is 35.6 Å². The number of amides is 1. The maximum atomic E-state index is 11.4. The molecule has 0 atom stereocenters. The van der Waals surface area contributed by atoms with Crippen molar-refractivity contribution in [2.45, 2.75) is 25.8 Å². The lowest BCUT2D eigenvalue weighted by atomic mass is 10.2. The van der Waals surface area contributed by atoms with Crippen LogP contribution in [-0.4, -0.2) is 30.4 Å². The third-order valence-corrected chi connectivity index (χ3v) is 4.01. The molecule has 1 saturated heterocycles. The van der Waals surface area contributed by atoms with Crippen LogP contribution in [-0.2, 0) is 11.3 Å². The molecule has 112 valence electrons. The number of hydrogen-bond acceptors (Lipinski definition) is 2. The van der Waals surface area contributed by atoms with Crippen molar-refractivity contribution in [3.05, 3.63) is 33.8 Å². The maximum Gasteiger partial charge on any atom is 0.222 e. The highest BCUT2D eigenvalue weighted by Crippen LogP contribution is 2.22. The fraction of sp³-hybridized carbons (Fsp3) is 0.500. The summed E-state index contributed by atoms with van der Waals surface area (Å²) in [6, 6.07) is 5.65. The normalized spacial score (nSPS) is 14.5. The van der Waals surface area contributed by atoms with Crippen molar-refractivity contribution in [1.82, 2.24) is 10.2 Å². The van der Waals surface area contributed by atoms with E-state index in [0.29, 0.717) is 16.0 Å². The van der Waals surface area contributed by atoms with Crippen LogP contribution < -0.4 is 5.32 Å². The van der Waals surface area contributed by atoms with Gasteiger partial charge in [-0.2, -0.15) is 0 Å². The minimum atomic E-state index is 0. The molecule has 3 nitrogen and oxygen atoms in total. The summed E-state index contributed by atoms with van der Waals surface area (Å²) in [5.74, 6) is 0.296. The standard InChI is InChI=1S/C14H18Cl2N2O.ClH/c15-12-5-4-11(9-13(12)16)10-17-6-2-8-18-7-1-3-14(18)19;/h4-5,9,17H,1-3,6-8,10H2;1H. The lowest BCUT2D eigenvalue weighted by molar-refractivity contribution is -0.127. The Morgan fingerprint density at radius 1 is 1.25 bits per heavy atom. The van der Waals surface area contributed by atoms with Gasteiger partial charge in [0.1, 0.15) is 0 Å². The average molecular weight is 338 g/mol. The van der Waals surface area contributed by atoms with Crippen molar-refractivity contribution in [3.8, 4) is 0 Å². The van der Waals surface area contributed by atoms with Crippen LogP contribution in [0.2, 0.25) is 10.0 Å². The molecule has 0 spiro atoms. The van der Waals surface area contributed by atoms with Crippen molar-refractivity contribution < 1.29 is 4.79 Å². The van der Waals surface area contributed by atoms with E-state index in [9.17, 15) is 4.79 Å². The summed E-state index contributed by atoms with van der Waals surface area (Å²) >= 11 is 11.8. The zero-order valence-electron chi connectivity index (χ0n) is 11.2. The molecule has 1 aromatic rings. The van der Waals surface area contributed by atoms with Gasteiger partial charge in [0.05, 0.1) is 10.0 Å². The van der Waals surface area contributed by atoms with E-state index in [1.54, 1.807) is 0 Å². The lowest BCUT2D eigenvalue weighted by Crippen LogP contribution is -2.28. The van der Waals surface area contributed by atoms with Gasteiger partial charge in [-0.25, -0.2) is 0 Å². The predicted octanol–water partition coefficient (Wildman–Crippen LogP) is 3.52. The largest absolute Gasteiger partial charge is 0.343 e. The van der Waals surface area contributed by atoms with E-state index in [1.807, 2.05) is 23.1 Å². The van der Waals surface area contributed by atoms with Gasteiger partial charge in [0.2, 0.25) is 5.91 Å². The van der Waals surface area contributed by atoms with E-state index in [4.69, 9.17) is 23.2 Å². The van der Waals surface area contributed by atoms with Crippen LogP contribution in [0.5, 0.6) is 0 Å². The molecule has 1 amide bonds. The molecule has 1 aromatic carbocycles. The number of halogens is 3. The minimum Gasteiger partial charge on any atom is -0.343 e. The summed E-state index contributed by atoms with van der Waals surface area (Å²) < 4.78 is 0. The molecule has 0 aliphatic carbocycles. The first-order valence-electron chi connectivity index (χ1n) is 6.59. The van der Waals surface area contributed by atoms with Crippen LogP contribution in [0.15, 0.2) is 18.2 Å². The van der Waals surface area contributed by atoms with E-state index in [-0.39, 0.29) is 12.4 Å². The Morgan fingerprint density at radius 3 is 2.70 bits per heavy atom. The van der Waals surface area contributed by atoms with Gasteiger partial charge in [0.15, 0.2) is 0 Å². The third-order valence-electron chi connectivity index (χ3n) is 3.27. The predicted molar refractivity (Wildman–Crippen MR) is 85.8 cm³/mol. The monoisotopic (exact) mass is 336 g/mol. The van der Waals surface area contributed by atoms with Crippen LogP contribution in [0, 0.1) is 0 Å². The first-order chi connectivity index (χ1) is 9.16. The lowest BCUT2D eigenvalue weighted by Gasteiger charge is -2.15. The number of rotatable bonds is 6. The second kappa shape index (κ2) is 8.73. The van der Waals surface area contributed by atoms with E-state index in [2.05, 4.69) is 5.32 Å². The fourth-order valence-corrected chi connectivity index (χ4v) is 2.54. The smallest absolute Gasteiger partial charge is 0.222 e. The second-order valence-electron chi connectivity index (χ2n) is 4.76. The Labute approximate surface area is 136 Å². The van der Waals surface area contributed by atoms with E-state index in [1.165, 1.54) is 0 Å². The van der Waals surface area contributed by atoms with Crippen LogP contribution in [0.1, 0.15) is 24.8 Å². The molecule has 20 heavy (non-hydrogen) atoms. The van der Waals surface area contributed by atoms with Gasteiger partial charge >= 0.3 is 0 Å². The van der Waals surface area contributed by atoms with Gasteiger partial charge in [-0.1, -0.05) is 29.3 Å². The molecule has 1 aliphatic heterocycles. The first kappa shape index (κ1) is 17.6. The number of nitrogens with one attached hydrogen (secondary N) is 1. The van der Waals surface area contributed by atoms with Gasteiger partial charge in [-0.05, 0) is 37.1 Å². The molecule has 0 saturated carbocycles. The molecule has 2 rings (SSSR count). The second-order valence-corrected chi connectivity index (χ2v) is 5.58. The third kappa shape index (κ3) is 5.13. The highest BCUT2D eigenvalue weighted by Gasteiger charge is 2.18. The highest BCUT2D eigenvalue weighted by atomic mass is 35.5. The van der Waals surface area contributed by atoms with Gasteiger partial charge in [-0.3, -0.25) is 4.79 Å². The number of carbonyl (C=O) groups excluding carboxylic acids is 1. The minimum absolute atomic E-state index is 0. The Kier molecular flexibility index (Phi) is 7.67. The number of carbonyl (C=O) groups is 1. The van der Waals surface area contributed by atoms with Crippen molar-refractivity contribution in [1.29, 1.82) is 0 Å². The van der Waals surface area contributed by atoms with Gasteiger partial charge in [-0.15, -0.1) is 12.4 Å². The average Bonchev–Trinajstić information content (AvgIpc) is 2.79. The quantitative estimate of drug-likeness (QED) is 0.806. The van der Waals surface area contributed by atoms with Gasteiger partial charge in [0.25, 0.3) is 0 Å². The first-order valence-corrected chi connectivity index (χ1v) is 7.35. The van der Waals surface area contributed by atoms with Crippen LogP contribution in [0.25, 0.3) is 0 Å². The molecule has 1 aliphatic rings. The zero-order valence-corrected chi connectivity index (χ0v) is 13.5. The molecule has 0 radical (unpaired) electrons. The number of benzene rings is 1. The fourth-order valence-electron chi connectivity index (χ4n) is 2.22. The zero-order chi connectivity index (χ0) is 13.7. The Bertz CT molecular complexity index is 454. The summed E-state index contributed by atoms with van der Waals surface area (Å²) in [5, 5.41) is 4.52. The number of hydrogen-bond donors (Lipinski definition) is 1. The number of likely N-dealkylation sites (tertiary alicyclic amines) is 1. The van der Waals surface area contributed by atoms with Gasteiger partial charge < -0.3 is 10.2 Å². The maximum absolute atomic E-state index is 11.4. The summed E-state index contributed by atoms with van der Waals surface area (Å²) in [5.41, 5.74) is 1.12. The van der Waals surface area contributed by atoms with E-state index in [0.717, 1.165) is 51.0 Å². The Balaban J connectivity index is 0.00000200. The Hall–Kier alpha value is -0.480. The van der Waals surface area contributed by atoms with Crippen molar-refractivity contribution in [3.63, 3.8) is 0 Å². The summed E-state index contributed by atoms with van der Waals surface area (Å²) in [4.78, 5) is 13.4. The summed E-state index contributed by atoms with van der Waals surface area (Å²) in [7, 11) is 0. The summed E-state index contributed by atoms with van der Waals surface area (Å²) in [6.07, 6.45) is 2.71. The molecule has 0 bridgehead atoms. The summed E-state index contributed by atoms with van der Waals surface area (Å²) in [6.45, 7) is 3.44. The molecular formula is C14H19Cl3N2O. The molecule has 0 aromatic heterocycles. The van der Waals surface area contributed by atoms with Crippen LogP contribution in [0.4, 0.5) is 0 Å². The molecule has 1 heterocycles. The molecule has 1 fully saturated rings. The van der Waals surface area contributed by atoms with Gasteiger partial charge in [0, 0.05) is 26.1 Å². The van der Waals surface area contributed by atoms with E-state index >= 15 is 0 Å². The Morgan fingerprint density at radius 2 is 2.05 bits per heavy atom. The van der Waals surface area contributed by atoms with Crippen molar-refractivity contribution in [2.75, 3.05) is 19.6 Å². The van der Waals surface area contributed by atoms with Crippen LogP contribution in [0.3, 0.4) is 0 Å². The molecule has 0 unspecified atom stereocenters. The van der Waals surface area contributed by atoms with E-state index < -0.39 is 0 Å². The highest BCUT2D eigenvalue weighted by molar-refractivity contribution is 6.42.